The summed E-state index contributed by atoms with van der Waals surface area (Å²) in [5.41, 5.74) is -0.151. The molecule has 1 atom stereocenters. The molecule has 1 aromatic rings. The topological polar surface area (TPSA) is 77.4 Å². The number of carbonyl (C=O) groups is 1. The molecule has 0 fully saturated rings. The lowest BCUT2D eigenvalue weighted by molar-refractivity contribution is -0.160. The summed E-state index contributed by atoms with van der Waals surface area (Å²) in [5.74, 6) is -0.0434. The molecular formula is C12H10ClNO5. The van der Waals surface area contributed by atoms with Gasteiger partial charge in [-0.3, -0.25) is 0 Å². The molecule has 2 aliphatic heterocycles. The Labute approximate surface area is 113 Å². The van der Waals surface area contributed by atoms with Crippen LogP contribution in [0.3, 0.4) is 0 Å². The maximum Gasteiger partial charge on any atom is 0.351 e. The first-order chi connectivity index (χ1) is 8.99. The molecule has 0 bridgehead atoms. The van der Waals surface area contributed by atoms with Gasteiger partial charge in [0, 0.05) is 12.0 Å². The predicted molar refractivity (Wildman–Crippen MR) is 65.9 cm³/mol. The van der Waals surface area contributed by atoms with E-state index in [1.807, 2.05) is 0 Å². The van der Waals surface area contributed by atoms with Gasteiger partial charge in [-0.05, 0) is 19.1 Å². The molecule has 1 N–H and O–H groups in total. The molecule has 6 nitrogen and oxygen atoms in total. The Kier molecular flexibility index (Phi) is 2.56. The highest BCUT2D eigenvalue weighted by atomic mass is 35.5. The van der Waals surface area contributed by atoms with Crippen molar-refractivity contribution in [3.05, 3.63) is 22.7 Å². The second-order valence-corrected chi connectivity index (χ2v) is 4.94. The predicted octanol–water partition coefficient (Wildman–Crippen LogP) is 2.04. The normalized spacial score (nSPS) is 24.0. The van der Waals surface area contributed by atoms with Gasteiger partial charge in [0.2, 0.25) is 12.4 Å². The van der Waals surface area contributed by atoms with Crippen LogP contribution < -0.4 is 9.47 Å². The minimum atomic E-state index is -1.34. The summed E-state index contributed by atoms with van der Waals surface area (Å²) in [6.07, 6.45) is 0.165. The Balaban J connectivity index is 1.93. The lowest BCUT2D eigenvalue weighted by Gasteiger charge is -2.14. The highest BCUT2D eigenvalue weighted by Crippen LogP contribution is 2.41. The molecule has 100 valence electrons. The van der Waals surface area contributed by atoms with Crippen molar-refractivity contribution < 1.29 is 24.2 Å². The quantitative estimate of drug-likeness (QED) is 0.898. The SMILES string of the molecule is CC1(C(=O)O)CC(c2cc(Cl)c3c(c2)OCO3)=NO1. The van der Waals surface area contributed by atoms with Crippen molar-refractivity contribution in [2.24, 2.45) is 5.16 Å². The van der Waals surface area contributed by atoms with Crippen LogP contribution in [0, 0.1) is 0 Å². The standard InChI is InChI=1S/C12H10ClNO5/c1-12(11(15)16)4-8(14-19-12)6-2-7(13)10-9(3-6)17-5-18-10/h2-3H,4-5H2,1H3,(H,15,16). The third-order valence-corrected chi connectivity index (χ3v) is 3.36. The smallest absolute Gasteiger partial charge is 0.351 e. The van der Waals surface area contributed by atoms with Crippen LogP contribution in [0.2, 0.25) is 5.02 Å². The van der Waals surface area contributed by atoms with Crippen LogP contribution in [0.15, 0.2) is 17.3 Å². The fourth-order valence-electron chi connectivity index (χ4n) is 1.94. The average molecular weight is 284 g/mol. The summed E-state index contributed by atoms with van der Waals surface area (Å²) in [4.78, 5) is 16.1. The van der Waals surface area contributed by atoms with E-state index in [4.69, 9.17) is 31.0 Å². The Bertz CT molecular complexity index is 600. The second kappa shape index (κ2) is 4.03. The first-order valence-corrected chi connectivity index (χ1v) is 5.95. The number of hydrogen-bond donors (Lipinski definition) is 1. The van der Waals surface area contributed by atoms with Crippen LogP contribution in [0.25, 0.3) is 0 Å². The first kappa shape index (κ1) is 12.1. The number of hydrogen-bond acceptors (Lipinski definition) is 5. The van der Waals surface area contributed by atoms with E-state index in [1.165, 1.54) is 6.92 Å². The Morgan fingerprint density at radius 3 is 2.95 bits per heavy atom. The van der Waals surface area contributed by atoms with Gasteiger partial charge in [-0.15, -0.1) is 0 Å². The maximum absolute atomic E-state index is 11.1. The van der Waals surface area contributed by atoms with Crippen molar-refractivity contribution in [1.29, 1.82) is 0 Å². The highest BCUT2D eigenvalue weighted by molar-refractivity contribution is 6.32. The molecule has 0 aliphatic carbocycles. The van der Waals surface area contributed by atoms with Crippen LogP contribution >= 0.6 is 11.6 Å². The second-order valence-electron chi connectivity index (χ2n) is 4.53. The summed E-state index contributed by atoms with van der Waals surface area (Å²) in [5, 5.41) is 13.3. The average Bonchev–Trinajstić information content (AvgIpc) is 2.96. The Morgan fingerprint density at radius 2 is 2.26 bits per heavy atom. The molecular weight excluding hydrogens is 274 g/mol. The monoisotopic (exact) mass is 283 g/mol. The van der Waals surface area contributed by atoms with E-state index in [0.29, 0.717) is 27.8 Å². The van der Waals surface area contributed by atoms with E-state index in [1.54, 1.807) is 12.1 Å². The van der Waals surface area contributed by atoms with Gasteiger partial charge in [0.1, 0.15) is 0 Å². The van der Waals surface area contributed by atoms with E-state index in [9.17, 15) is 4.79 Å². The number of oxime groups is 1. The third-order valence-electron chi connectivity index (χ3n) is 3.07. The van der Waals surface area contributed by atoms with E-state index in [0.717, 1.165) is 0 Å². The van der Waals surface area contributed by atoms with Crippen molar-refractivity contribution in [1.82, 2.24) is 0 Å². The molecule has 0 amide bonds. The minimum absolute atomic E-state index is 0.119. The molecule has 2 heterocycles. The van der Waals surface area contributed by atoms with E-state index in [2.05, 4.69) is 5.16 Å². The molecule has 0 aromatic heterocycles. The molecule has 7 heteroatoms. The maximum atomic E-state index is 11.1. The zero-order chi connectivity index (χ0) is 13.6. The number of halogens is 1. The lowest BCUT2D eigenvalue weighted by atomic mass is 9.96. The molecule has 0 radical (unpaired) electrons. The van der Waals surface area contributed by atoms with Gasteiger partial charge in [0.05, 0.1) is 10.7 Å². The fourth-order valence-corrected chi connectivity index (χ4v) is 2.21. The summed E-state index contributed by atoms with van der Waals surface area (Å²) in [6.45, 7) is 1.59. The van der Waals surface area contributed by atoms with Crippen LogP contribution in [0.4, 0.5) is 0 Å². The summed E-state index contributed by atoms with van der Waals surface area (Å²) in [6, 6.07) is 3.37. The number of rotatable bonds is 2. The summed E-state index contributed by atoms with van der Waals surface area (Å²) >= 11 is 6.07. The first-order valence-electron chi connectivity index (χ1n) is 5.57. The Morgan fingerprint density at radius 1 is 1.47 bits per heavy atom. The van der Waals surface area contributed by atoms with Gasteiger partial charge in [-0.1, -0.05) is 16.8 Å². The molecule has 0 saturated carbocycles. The van der Waals surface area contributed by atoms with Crippen molar-refractivity contribution in [3.8, 4) is 11.5 Å². The van der Waals surface area contributed by atoms with Crippen LogP contribution in [-0.2, 0) is 9.63 Å². The third kappa shape index (κ3) is 1.88. The van der Waals surface area contributed by atoms with Crippen LogP contribution in [-0.4, -0.2) is 29.2 Å². The van der Waals surface area contributed by atoms with Crippen LogP contribution in [0.1, 0.15) is 18.9 Å². The number of aliphatic carboxylic acids is 1. The lowest BCUT2D eigenvalue weighted by Crippen LogP contribution is -2.35. The number of benzene rings is 1. The van der Waals surface area contributed by atoms with Gasteiger partial charge in [0.15, 0.2) is 11.5 Å². The number of ether oxygens (including phenoxy) is 2. The number of carboxylic acids is 1. The molecule has 19 heavy (non-hydrogen) atoms. The highest BCUT2D eigenvalue weighted by Gasteiger charge is 2.42. The number of fused-ring (bicyclic) bond motifs is 1. The molecule has 1 aromatic carbocycles. The van der Waals surface area contributed by atoms with E-state index >= 15 is 0 Å². The molecule has 0 saturated heterocycles. The van der Waals surface area contributed by atoms with Crippen molar-refractivity contribution in [2.45, 2.75) is 18.9 Å². The van der Waals surface area contributed by atoms with Crippen molar-refractivity contribution in [3.63, 3.8) is 0 Å². The largest absolute Gasteiger partial charge is 0.478 e. The van der Waals surface area contributed by atoms with Gasteiger partial charge < -0.3 is 19.4 Å². The van der Waals surface area contributed by atoms with E-state index < -0.39 is 11.6 Å². The molecule has 1 unspecified atom stereocenters. The number of nitrogens with zero attached hydrogens (tertiary/aromatic N) is 1. The van der Waals surface area contributed by atoms with Gasteiger partial charge in [-0.25, -0.2) is 4.79 Å². The molecule has 3 rings (SSSR count). The Hall–Kier alpha value is -1.95. The minimum Gasteiger partial charge on any atom is -0.478 e. The van der Waals surface area contributed by atoms with Gasteiger partial charge in [-0.2, -0.15) is 0 Å². The zero-order valence-electron chi connectivity index (χ0n) is 9.97. The van der Waals surface area contributed by atoms with Crippen molar-refractivity contribution >= 4 is 23.3 Å². The molecule has 0 spiro atoms. The summed E-state index contributed by atoms with van der Waals surface area (Å²) < 4.78 is 10.5. The molecule has 2 aliphatic rings. The van der Waals surface area contributed by atoms with Gasteiger partial charge in [0.25, 0.3) is 0 Å². The van der Waals surface area contributed by atoms with Gasteiger partial charge >= 0.3 is 5.97 Å². The van der Waals surface area contributed by atoms with E-state index in [-0.39, 0.29) is 13.2 Å². The summed E-state index contributed by atoms with van der Waals surface area (Å²) in [7, 11) is 0. The van der Waals surface area contributed by atoms with Crippen molar-refractivity contribution in [2.75, 3.05) is 6.79 Å². The number of carboxylic acid groups (broad SMARTS) is 1. The zero-order valence-corrected chi connectivity index (χ0v) is 10.7. The van der Waals surface area contributed by atoms with Crippen LogP contribution in [0.5, 0.6) is 11.5 Å². The fraction of sp³-hybridized carbons (Fsp3) is 0.333.